The van der Waals surface area contributed by atoms with Crippen molar-refractivity contribution in [3.63, 3.8) is 0 Å². The van der Waals surface area contributed by atoms with Gasteiger partial charge in [0.2, 0.25) is 0 Å². The maximum absolute atomic E-state index is 12.3. The average molecular weight is 524 g/mol. The standard InChI is InChI=1S/C19H23F3N4O2.HI/c1-23-18(25-10-8-15-5-3-4-9-24-15)26-12-14-6-7-16(17(11-14)27-2)28-13-19(20,21)22;/h3-7,9,11H,8,10,12-13H2,1-2H3,(H2,23,25,26);1H. The lowest BCUT2D eigenvalue weighted by atomic mass is 10.2. The molecule has 0 unspecified atom stereocenters. The highest BCUT2D eigenvalue weighted by Crippen LogP contribution is 2.29. The number of guanidine groups is 1. The summed E-state index contributed by atoms with van der Waals surface area (Å²) in [5.41, 5.74) is 1.79. The number of ether oxygens (including phenoxy) is 2. The molecule has 2 N–H and O–H groups in total. The Bertz CT molecular complexity index is 774. The molecule has 10 heteroatoms. The number of hydrogen-bond donors (Lipinski definition) is 2. The van der Waals surface area contributed by atoms with Crippen molar-refractivity contribution in [1.29, 1.82) is 0 Å². The zero-order valence-electron chi connectivity index (χ0n) is 16.1. The van der Waals surface area contributed by atoms with Gasteiger partial charge in [-0.3, -0.25) is 9.98 Å². The monoisotopic (exact) mass is 524 g/mol. The van der Waals surface area contributed by atoms with Crippen molar-refractivity contribution in [1.82, 2.24) is 15.6 Å². The molecule has 29 heavy (non-hydrogen) atoms. The number of hydrogen-bond acceptors (Lipinski definition) is 4. The predicted molar refractivity (Wildman–Crippen MR) is 116 cm³/mol. The average Bonchev–Trinajstić information content (AvgIpc) is 2.69. The summed E-state index contributed by atoms with van der Waals surface area (Å²) in [7, 11) is 3.04. The van der Waals surface area contributed by atoms with Gasteiger partial charge in [0.15, 0.2) is 24.1 Å². The summed E-state index contributed by atoms with van der Waals surface area (Å²) in [5.74, 6) is 0.885. The van der Waals surface area contributed by atoms with E-state index in [-0.39, 0.29) is 35.5 Å². The van der Waals surface area contributed by atoms with Crippen LogP contribution >= 0.6 is 24.0 Å². The number of aromatic nitrogens is 1. The molecule has 0 aliphatic carbocycles. The number of nitrogens with zero attached hydrogens (tertiary/aromatic N) is 2. The lowest BCUT2D eigenvalue weighted by Gasteiger charge is -2.15. The first-order valence-electron chi connectivity index (χ1n) is 8.62. The van der Waals surface area contributed by atoms with Crippen LogP contribution in [-0.4, -0.2) is 44.4 Å². The fourth-order valence-corrected chi connectivity index (χ4v) is 2.36. The molecule has 0 saturated heterocycles. The van der Waals surface area contributed by atoms with Gasteiger partial charge in [-0.25, -0.2) is 0 Å². The minimum atomic E-state index is -4.40. The molecule has 1 aromatic carbocycles. The minimum Gasteiger partial charge on any atom is -0.493 e. The van der Waals surface area contributed by atoms with Crippen molar-refractivity contribution in [2.24, 2.45) is 4.99 Å². The molecule has 1 aromatic heterocycles. The number of benzene rings is 1. The van der Waals surface area contributed by atoms with Gasteiger partial charge in [0.25, 0.3) is 0 Å². The Labute approximate surface area is 184 Å². The van der Waals surface area contributed by atoms with Crippen molar-refractivity contribution < 1.29 is 22.6 Å². The van der Waals surface area contributed by atoms with Gasteiger partial charge in [0, 0.05) is 38.4 Å². The normalized spacial score (nSPS) is 11.4. The fraction of sp³-hybridized carbons (Fsp3) is 0.368. The van der Waals surface area contributed by atoms with E-state index in [1.54, 1.807) is 25.4 Å². The van der Waals surface area contributed by atoms with Crippen LogP contribution in [0, 0.1) is 0 Å². The maximum atomic E-state index is 12.3. The molecular weight excluding hydrogens is 500 g/mol. The van der Waals surface area contributed by atoms with Crippen LogP contribution in [0.1, 0.15) is 11.3 Å². The molecule has 0 atom stereocenters. The lowest BCUT2D eigenvalue weighted by molar-refractivity contribution is -0.153. The fourth-order valence-electron chi connectivity index (χ4n) is 2.36. The van der Waals surface area contributed by atoms with Crippen LogP contribution in [0.15, 0.2) is 47.6 Å². The Balaban J connectivity index is 0.00000420. The van der Waals surface area contributed by atoms with E-state index in [0.717, 1.165) is 17.7 Å². The molecule has 6 nitrogen and oxygen atoms in total. The quantitative estimate of drug-likeness (QED) is 0.314. The van der Waals surface area contributed by atoms with Crippen molar-refractivity contribution in [3.05, 3.63) is 53.9 Å². The number of nitrogens with one attached hydrogen (secondary N) is 2. The van der Waals surface area contributed by atoms with Gasteiger partial charge in [-0.2, -0.15) is 13.2 Å². The van der Waals surface area contributed by atoms with Crippen molar-refractivity contribution >= 4 is 29.9 Å². The van der Waals surface area contributed by atoms with E-state index >= 15 is 0 Å². The van der Waals surface area contributed by atoms with E-state index in [2.05, 4.69) is 20.6 Å². The summed E-state index contributed by atoms with van der Waals surface area (Å²) < 4.78 is 46.8. The third-order valence-electron chi connectivity index (χ3n) is 3.70. The number of alkyl halides is 3. The molecule has 0 aliphatic heterocycles. The lowest BCUT2D eigenvalue weighted by Crippen LogP contribution is -2.37. The second-order valence-electron chi connectivity index (χ2n) is 5.81. The topological polar surface area (TPSA) is 67.8 Å². The molecule has 1 heterocycles. The third kappa shape index (κ3) is 9.20. The molecule has 0 radical (unpaired) electrons. The third-order valence-corrected chi connectivity index (χ3v) is 3.70. The van der Waals surface area contributed by atoms with Crippen LogP contribution in [0.3, 0.4) is 0 Å². The summed E-state index contributed by atoms with van der Waals surface area (Å²) in [6, 6.07) is 10.5. The van der Waals surface area contributed by atoms with E-state index in [0.29, 0.717) is 19.0 Å². The molecule has 0 aliphatic rings. The second-order valence-corrected chi connectivity index (χ2v) is 5.81. The number of rotatable bonds is 8. The second kappa shape index (κ2) is 12.3. The van der Waals surface area contributed by atoms with E-state index in [4.69, 9.17) is 9.47 Å². The highest BCUT2D eigenvalue weighted by atomic mass is 127. The van der Waals surface area contributed by atoms with Crippen molar-refractivity contribution in [2.75, 3.05) is 27.3 Å². The number of pyridine rings is 1. The molecular formula is C19H24F3IN4O2. The highest BCUT2D eigenvalue weighted by molar-refractivity contribution is 14.0. The molecule has 2 rings (SSSR count). The summed E-state index contributed by atoms with van der Waals surface area (Å²) in [6.45, 7) is -0.294. The van der Waals surface area contributed by atoms with Gasteiger partial charge in [-0.1, -0.05) is 12.1 Å². The van der Waals surface area contributed by atoms with Crippen LogP contribution in [0.4, 0.5) is 13.2 Å². The van der Waals surface area contributed by atoms with Gasteiger partial charge in [0.1, 0.15) is 0 Å². The molecule has 0 bridgehead atoms. The number of halogens is 4. The molecule has 0 saturated carbocycles. The molecule has 0 spiro atoms. The summed E-state index contributed by atoms with van der Waals surface area (Å²) in [5, 5.41) is 6.32. The summed E-state index contributed by atoms with van der Waals surface area (Å²) in [4.78, 5) is 8.40. The molecule has 2 aromatic rings. The van der Waals surface area contributed by atoms with Gasteiger partial charge >= 0.3 is 6.18 Å². The van der Waals surface area contributed by atoms with Crippen molar-refractivity contribution in [2.45, 2.75) is 19.1 Å². The van der Waals surface area contributed by atoms with Gasteiger partial charge in [-0.15, -0.1) is 24.0 Å². The maximum Gasteiger partial charge on any atom is 0.422 e. The molecule has 160 valence electrons. The van der Waals surface area contributed by atoms with Gasteiger partial charge in [-0.05, 0) is 29.8 Å². The first-order valence-corrected chi connectivity index (χ1v) is 8.62. The van der Waals surface area contributed by atoms with E-state index in [1.807, 2.05) is 18.2 Å². The Hall–Kier alpha value is -2.24. The predicted octanol–water partition coefficient (Wildman–Crippen LogP) is 3.56. The number of aliphatic imine (C=N–C) groups is 1. The van der Waals surface area contributed by atoms with Crippen molar-refractivity contribution in [3.8, 4) is 11.5 Å². The SMILES string of the molecule is CN=C(NCCc1ccccn1)NCc1ccc(OCC(F)(F)F)c(OC)c1.I. The van der Waals surface area contributed by atoms with E-state index < -0.39 is 12.8 Å². The van der Waals surface area contributed by atoms with E-state index in [1.165, 1.54) is 13.2 Å². The molecule has 0 fully saturated rings. The highest BCUT2D eigenvalue weighted by Gasteiger charge is 2.29. The zero-order valence-corrected chi connectivity index (χ0v) is 18.5. The first kappa shape index (κ1) is 24.8. The largest absolute Gasteiger partial charge is 0.493 e. The Morgan fingerprint density at radius 1 is 1.14 bits per heavy atom. The van der Waals surface area contributed by atoms with E-state index in [9.17, 15) is 13.2 Å². The molecule has 0 amide bonds. The van der Waals surface area contributed by atoms with Crippen LogP contribution in [0.25, 0.3) is 0 Å². The Kier molecular flexibility index (Phi) is 10.6. The Morgan fingerprint density at radius 3 is 2.55 bits per heavy atom. The van der Waals surface area contributed by atoms with Crippen LogP contribution in [-0.2, 0) is 13.0 Å². The minimum absolute atomic E-state index is 0. The zero-order chi connectivity index (χ0) is 20.4. The van der Waals surface area contributed by atoms with Crippen LogP contribution in [0.2, 0.25) is 0 Å². The van der Waals surface area contributed by atoms with Crippen LogP contribution < -0.4 is 20.1 Å². The summed E-state index contributed by atoms with van der Waals surface area (Å²) in [6.07, 6.45) is -1.91. The van der Waals surface area contributed by atoms with Gasteiger partial charge in [0.05, 0.1) is 7.11 Å². The Morgan fingerprint density at radius 2 is 1.93 bits per heavy atom. The smallest absolute Gasteiger partial charge is 0.422 e. The summed E-state index contributed by atoms with van der Waals surface area (Å²) >= 11 is 0. The van der Waals surface area contributed by atoms with Gasteiger partial charge < -0.3 is 20.1 Å². The number of methoxy groups -OCH3 is 1. The first-order chi connectivity index (χ1) is 13.4. The van der Waals surface area contributed by atoms with Crippen LogP contribution in [0.5, 0.6) is 11.5 Å².